The number of nitrogens with zero attached hydrogens (tertiary/aromatic N) is 2. The molecule has 27 heavy (non-hydrogen) atoms. The van der Waals surface area contributed by atoms with Gasteiger partial charge in [0.1, 0.15) is 5.82 Å². The number of benzene rings is 3. The van der Waals surface area contributed by atoms with E-state index < -0.39 is 0 Å². The van der Waals surface area contributed by atoms with Crippen LogP contribution in [0.25, 0.3) is 22.0 Å². The lowest BCUT2D eigenvalue weighted by molar-refractivity contribution is 0.258. The van der Waals surface area contributed by atoms with E-state index in [1.165, 1.54) is 4.90 Å². The summed E-state index contributed by atoms with van der Waals surface area (Å²) in [4.78, 5) is 18.8. The summed E-state index contributed by atoms with van der Waals surface area (Å²) in [6, 6.07) is 29.3. The maximum absolute atomic E-state index is 12.7. The van der Waals surface area contributed by atoms with Crippen molar-refractivity contribution in [2.45, 2.75) is 0 Å². The summed E-state index contributed by atoms with van der Waals surface area (Å²) in [5, 5.41) is 5.16. The number of amides is 2. The fraction of sp³-hybridized carbons (Fsp3) is 0.0435. The summed E-state index contributed by atoms with van der Waals surface area (Å²) in [5.74, 6) is 0.592. The molecule has 4 nitrogen and oxygen atoms in total. The van der Waals surface area contributed by atoms with E-state index in [0.717, 1.165) is 27.7 Å². The third-order valence-electron chi connectivity index (χ3n) is 4.45. The minimum Gasteiger partial charge on any atom is -0.307 e. The maximum Gasteiger partial charge on any atom is 0.327 e. The number of hydrogen-bond donors (Lipinski definition) is 1. The Labute approximate surface area is 158 Å². The molecule has 2 amide bonds. The lowest BCUT2D eigenvalue weighted by Crippen LogP contribution is -2.31. The van der Waals surface area contributed by atoms with Gasteiger partial charge < -0.3 is 5.32 Å². The highest BCUT2D eigenvalue weighted by Crippen LogP contribution is 2.22. The molecular weight excluding hydrogens is 334 g/mol. The molecule has 1 aromatic heterocycles. The monoisotopic (exact) mass is 353 g/mol. The fourth-order valence-electron chi connectivity index (χ4n) is 2.96. The van der Waals surface area contributed by atoms with Crippen molar-refractivity contribution in [3.63, 3.8) is 0 Å². The Kier molecular flexibility index (Phi) is 4.54. The van der Waals surface area contributed by atoms with E-state index in [1.807, 2.05) is 91.0 Å². The number of rotatable bonds is 3. The number of carbonyl (C=O) groups excluding carboxylic acids is 1. The number of pyridine rings is 1. The molecule has 0 aliphatic carbocycles. The molecule has 132 valence electrons. The van der Waals surface area contributed by atoms with Gasteiger partial charge in [0.15, 0.2) is 0 Å². The molecule has 0 aliphatic heterocycles. The van der Waals surface area contributed by atoms with Crippen LogP contribution in [0.5, 0.6) is 0 Å². The Morgan fingerprint density at radius 2 is 1.56 bits per heavy atom. The van der Waals surface area contributed by atoms with E-state index in [-0.39, 0.29) is 6.03 Å². The highest BCUT2D eigenvalue weighted by molar-refractivity contribution is 6.02. The van der Waals surface area contributed by atoms with Crippen LogP contribution in [0.15, 0.2) is 91.0 Å². The summed E-state index contributed by atoms with van der Waals surface area (Å²) >= 11 is 0. The number of fused-ring (bicyclic) bond motifs is 1. The molecule has 1 N–H and O–H groups in total. The predicted molar refractivity (Wildman–Crippen MR) is 111 cm³/mol. The summed E-state index contributed by atoms with van der Waals surface area (Å²) in [7, 11) is 1.72. The predicted octanol–water partition coefficient (Wildman–Crippen LogP) is 5.57. The van der Waals surface area contributed by atoms with Gasteiger partial charge in [0, 0.05) is 18.3 Å². The van der Waals surface area contributed by atoms with Crippen LogP contribution in [0.2, 0.25) is 0 Å². The zero-order valence-corrected chi connectivity index (χ0v) is 15.0. The van der Waals surface area contributed by atoms with E-state index in [1.54, 1.807) is 7.05 Å². The van der Waals surface area contributed by atoms with Crippen molar-refractivity contribution in [1.29, 1.82) is 0 Å². The van der Waals surface area contributed by atoms with Crippen LogP contribution in [-0.4, -0.2) is 18.1 Å². The highest BCUT2D eigenvalue weighted by atomic mass is 16.2. The average molecular weight is 353 g/mol. The van der Waals surface area contributed by atoms with Gasteiger partial charge >= 0.3 is 6.03 Å². The van der Waals surface area contributed by atoms with Gasteiger partial charge in [-0.15, -0.1) is 0 Å². The molecule has 0 spiro atoms. The van der Waals surface area contributed by atoms with Crippen molar-refractivity contribution >= 4 is 28.3 Å². The van der Waals surface area contributed by atoms with E-state index in [2.05, 4.69) is 10.3 Å². The first-order valence-corrected chi connectivity index (χ1v) is 8.77. The van der Waals surface area contributed by atoms with Crippen LogP contribution in [-0.2, 0) is 0 Å². The van der Waals surface area contributed by atoms with Gasteiger partial charge in [-0.3, -0.25) is 4.90 Å². The molecule has 0 bridgehead atoms. The Balaban J connectivity index is 1.55. The zero-order chi connectivity index (χ0) is 18.6. The zero-order valence-electron chi connectivity index (χ0n) is 15.0. The number of anilines is 2. The second-order valence-electron chi connectivity index (χ2n) is 6.30. The lowest BCUT2D eigenvalue weighted by atomic mass is 10.1. The summed E-state index contributed by atoms with van der Waals surface area (Å²) in [6.45, 7) is 0. The van der Waals surface area contributed by atoms with Gasteiger partial charge in [0.25, 0.3) is 0 Å². The summed E-state index contributed by atoms with van der Waals surface area (Å²) in [6.07, 6.45) is 0. The normalized spacial score (nSPS) is 10.6. The van der Waals surface area contributed by atoms with Gasteiger partial charge in [-0.2, -0.15) is 0 Å². The second kappa shape index (κ2) is 7.30. The molecule has 0 aliphatic rings. The SMILES string of the molecule is CN(C(=O)Nc1ccc2ccccc2c1)c1cccc(-c2ccccc2)n1. The number of nitrogens with one attached hydrogen (secondary N) is 1. The summed E-state index contributed by atoms with van der Waals surface area (Å²) in [5.41, 5.74) is 2.60. The number of aromatic nitrogens is 1. The van der Waals surface area contributed by atoms with Crippen LogP contribution in [0.4, 0.5) is 16.3 Å². The number of urea groups is 1. The molecule has 1 heterocycles. The second-order valence-corrected chi connectivity index (χ2v) is 6.30. The van der Waals surface area contributed by atoms with Crippen LogP contribution < -0.4 is 10.2 Å². The largest absolute Gasteiger partial charge is 0.327 e. The van der Waals surface area contributed by atoms with Crippen molar-refractivity contribution in [3.05, 3.63) is 91.0 Å². The first-order valence-electron chi connectivity index (χ1n) is 8.77. The quantitative estimate of drug-likeness (QED) is 0.523. The third-order valence-corrected chi connectivity index (χ3v) is 4.45. The van der Waals surface area contributed by atoms with Crippen LogP contribution in [0, 0.1) is 0 Å². The Bertz CT molecular complexity index is 1090. The number of carbonyl (C=O) groups is 1. The van der Waals surface area contributed by atoms with Crippen molar-refractivity contribution < 1.29 is 4.79 Å². The first kappa shape index (κ1) is 16.8. The van der Waals surface area contributed by atoms with E-state index in [9.17, 15) is 4.79 Å². The lowest BCUT2D eigenvalue weighted by Gasteiger charge is -2.18. The van der Waals surface area contributed by atoms with Gasteiger partial charge in [-0.1, -0.05) is 66.7 Å². The van der Waals surface area contributed by atoms with Crippen LogP contribution in [0.1, 0.15) is 0 Å². The third kappa shape index (κ3) is 3.65. The number of hydrogen-bond acceptors (Lipinski definition) is 2. The first-order chi connectivity index (χ1) is 13.2. The van der Waals surface area contributed by atoms with Crippen LogP contribution in [0.3, 0.4) is 0 Å². The Hall–Kier alpha value is -3.66. The molecule has 4 rings (SSSR count). The standard InChI is InChI=1S/C23H19N3O/c1-26(22-13-7-12-21(25-22)18-9-3-2-4-10-18)23(27)24-20-15-14-17-8-5-6-11-19(17)16-20/h2-16H,1H3,(H,24,27). The maximum atomic E-state index is 12.7. The van der Waals surface area contributed by atoms with Gasteiger partial charge in [0.2, 0.25) is 0 Å². The van der Waals surface area contributed by atoms with E-state index in [4.69, 9.17) is 0 Å². The minimum absolute atomic E-state index is 0.233. The van der Waals surface area contributed by atoms with E-state index in [0.29, 0.717) is 5.82 Å². The van der Waals surface area contributed by atoms with Crippen molar-refractivity contribution in [2.24, 2.45) is 0 Å². The van der Waals surface area contributed by atoms with E-state index >= 15 is 0 Å². The Morgan fingerprint density at radius 3 is 2.37 bits per heavy atom. The molecular formula is C23H19N3O. The molecule has 0 saturated carbocycles. The molecule has 4 heteroatoms. The molecule has 0 radical (unpaired) electrons. The summed E-state index contributed by atoms with van der Waals surface area (Å²) < 4.78 is 0. The molecule has 0 saturated heterocycles. The Morgan fingerprint density at radius 1 is 0.815 bits per heavy atom. The smallest absolute Gasteiger partial charge is 0.307 e. The minimum atomic E-state index is -0.233. The van der Waals surface area contributed by atoms with Crippen molar-refractivity contribution in [3.8, 4) is 11.3 Å². The molecule has 3 aromatic carbocycles. The van der Waals surface area contributed by atoms with Gasteiger partial charge in [0.05, 0.1) is 5.69 Å². The topological polar surface area (TPSA) is 45.2 Å². The molecule has 0 atom stereocenters. The van der Waals surface area contributed by atoms with Crippen molar-refractivity contribution in [2.75, 3.05) is 17.3 Å². The van der Waals surface area contributed by atoms with Gasteiger partial charge in [-0.25, -0.2) is 9.78 Å². The van der Waals surface area contributed by atoms with Gasteiger partial charge in [-0.05, 0) is 35.0 Å². The van der Waals surface area contributed by atoms with Crippen LogP contribution >= 0.6 is 0 Å². The molecule has 0 unspecified atom stereocenters. The highest BCUT2D eigenvalue weighted by Gasteiger charge is 2.13. The van der Waals surface area contributed by atoms with Crippen molar-refractivity contribution in [1.82, 2.24) is 4.98 Å². The molecule has 0 fully saturated rings. The molecule has 4 aromatic rings. The fourth-order valence-corrected chi connectivity index (χ4v) is 2.96. The average Bonchev–Trinajstić information content (AvgIpc) is 2.74.